The molecule has 0 spiro atoms. The predicted octanol–water partition coefficient (Wildman–Crippen LogP) is 0.912. The molecule has 0 fully saturated rings. The van der Waals surface area contributed by atoms with Gasteiger partial charge in [0.05, 0.1) is 5.56 Å². The first-order valence-corrected chi connectivity index (χ1v) is 7.86. The zero-order chi connectivity index (χ0) is 16.5. The van der Waals surface area contributed by atoms with Crippen molar-refractivity contribution in [1.82, 2.24) is 34.8 Å². The van der Waals surface area contributed by atoms with Crippen molar-refractivity contribution in [3.8, 4) is 5.82 Å². The SMILES string of the molecule is Cc1nnc2n1C[C@@H](NC(=O)c1ccc(-n3cccn3)nc1)CC2. The molecule has 0 bridgehead atoms. The second kappa shape index (κ2) is 5.88. The smallest absolute Gasteiger partial charge is 0.253 e. The zero-order valence-electron chi connectivity index (χ0n) is 13.3. The van der Waals surface area contributed by atoms with Crippen molar-refractivity contribution < 1.29 is 4.79 Å². The maximum atomic E-state index is 12.4. The van der Waals surface area contributed by atoms with Crippen LogP contribution < -0.4 is 5.32 Å². The van der Waals surface area contributed by atoms with Crippen molar-refractivity contribution in [2.24, 2.45) is 0 Å². The lowest BCUT2D eigenvalue weighted by atomic mass is 10.1. The quantitative estimate of drug-likeness (QED) is 0.774. The van der Waals surface area contributed by atoms with Crippen LogP contribution in [0.15, 0.2) is 36.8 Å². The van der Waals surface area contributed by atoms with E-state index in [1.54, 1.807) is 29.2 Å². The summed E-state index contributed by atoms with van der Waals surface area (Å²) in [6.45, 7) is 2.64. The number of nitrogens with one attached hydrogen (secondary N) is 1. The van der Waals surface area contributed by atoms with E-state index in [9.17, 15) is 4.79 Å². The normalized spacial score (nSPS) is 16.6. The minimum atomic E-state index is -0.117. The maximum absolute atomic E-state index is 12.4. The maximum Gasteiger partial charge on any atom is 0.253 e. The molecule has 3 aromatic heterocycles. The van der Waals surface area contributed by atoms with Crippen molar-refractivity contribution in [1.29, 1.82) is 0 Å². The third kappa shape index (κ3) is 2.66. The largest absolute Gasteiger partial charge is 0.347 e. The van der Waals surface area contributed by atoms with Gasteiger partial charge in [-0.15, -0.1) is 10.2 Å². The standard InChI is InChI=1S/C16H17N7O/c1-11-20-21-15-6-4-13(10-22(11)15)19-16(24)12-3-5-14(17-9-12)23-8-2-7-18-23/h2-3,5,7-9,13H,4,6,10H2,1H3,(H,19,24)/t13-/m0/s1. The minimum absolute atomic E-state index is 0.0745. The zero-order valence-corrected chi connectivity index (χ0v) is 13.3. The monoisotopic (exact) mass is 323 g/mol. The van der Waals surface area contributed by atoms with E-state index in [4.69, 9.17) is 0 Å². The molecule has 0 saturated heterocycles. The molecule has 0 unspecified atom stereocenters. The first kappa shape index (κ1) is 14.6. The molecule has 0 aromatic carbocycles. The van der Waals surface area contributed by atoms with E-state index in [2.05, 4.69) is 30.2 Å². The predicted molar refractivity (Wildman–Crippen MR) is 85.7 cm³/mol. The molecule has 4 heterocycles. The molecule has 0 radical (unpaired) electrons. The van der Waals surface area contributed by atoms with E-state index >= 15 is 0 Å². The van der Waals surface area contributed by atoms with Crippen LogP contribution in [0.2, 0.25) is 0 Å². The lowest BCUT2D eigenvalue weighted by Crippen LogP contribution is -2.41. The van der Waals surface area contributed by atoms with E-state index in [1.165, 1.54) is 0 Å². The van der Waals surface area contributed by atoms with Crippen LogP contribution in [0.4, 0.5) is 0 Å². The highest BCUT2D eigenvalue weighted by molar-refractivity contribution is 5.94. The molecule has 0 saturated carbocycles. The Morgan fingerprint density at radius 2 is 2.25 bits per heavy atom. The summed E-state index contributed by atoms with van der Waals surface area (Å²) >= 11 is 0. The summed E-state index contributed by atoms with van der Waals surface area (Å²) in [7, 11) is 0. The fourth-order valence-electron chi connectivity index (χ4n) is 2.91. The van der Waals surface area contributed by atoms with Gasteiger partial charge in [-0.05, 0) is 31.5 Å². The Morgan fingerprint density at radius 1 is 1.33 bits per heavy atom. The molecule has 1 amide bonds. The molecule has 24 heavy (non-hydrogen) atoms. The van der Waals surface area contributed by atoms with Gasteiger partial charge in [-0.1, -0.05) is 0 Å². The number of amides is 1. The highest BCUT2D eigenvalue weighted by Gasteiger charge is 2.23. The summed E-state index contributed by atoms with van der Waals surface area (Å²) in [5.74, 6) is 2.44. The van der Waals surface area contributed by atoms with Crippen LogP contribution in [0, 0.1) is 6.92 Å². The summed E-state index contributed by atoms with van der Waals surface area (Å²) < 4.78 is 3.71. The van der Waals surface area contributed by atoms with Gasteiger partial charge in [0.25, 0.3) is 5.91 Å². The van der Waals surface area contributed by atoms with Crippen LogP contribution in [0.3, 0.4) is 0 Å². The van der Waals surface area contributed by atoms with Crippen molar-refractivity contribution in [2.45, 2.75) is 32.4 Å². The van der Waals surface area contributed by atoms with Gasteiger partial charge in [0.15, 0.2) is 5.82 Å². The Balaban J connectivity index is 1.44. The summed E-state index contributed by atoms with van der Waals surface area (Å²) in [5, 5.41) is 15.4. The van der Waals surface area contributed by atoms with E-state index in [0.29, 0.717) is 17.9 Å². The average Bonchev–Trinajstić information content (AvgIpc) is 3.26. The highest BCUT2D eigenvalue weighted by Crippen LogP contribution is 2.15. The Morgan fingerprint density at radius 3 is 3.00 bits per heavy atom. The number of carbonyl (C=O) groups is 1. The van der Waals surface area contributed by atoms with Crippen LogP contribution in [0.1, 0.15) is 28.4 Å². The Labute approximate surface area is 138 Å². The number of hydrogen-bond donors (Lipinski definition) is 1. The summed E-state index contributed by atoms with van der Waals surface area (Å²) in [6, 6.07) is 5.44. The summed E-state index contributed by atoms with van der Waals surface area (Å²) in [6.07, 6.45) is 6.76. The molecule has 122 valence electrons. The molecule has 3 aromatic rings. The Bertz CT molecular complexity index is 851. The molecule has 1 aliphatic heterocycles. The van der Waals surface area contributed by atoms with Crippen molar-refractivity contribution in [3.05, 3.63) is 54.0 Å². The number of carbonyl (C=O) groups excluding carboxylic acids is 1. The van der Waals surface area contributed by atoms with Crippen LogP contribution in [-0.2, 0) is 13.0 Å². The van der Waals surface area contributed by atoms with Gasteiger partial charge in [-0.25, -0.2) is 9.67 Å². The number of fused-ring (bicyclic) bond motifs is 1. The molecule has 4 rings (SSSR count). The van der Waals surface area contributed by atoms with Crippen LogP contribution in [0.5, 0.6) is 0 Å². The first-order valence-electron chi connectivity index (χ1n) is 7.86. The Hall–Kier alpha value is -3.03. The number of aryl methyl sites for hydroxylation is 2. The molecule has 8 nitrogen and oxygen atoms in total. The number of aromatic nitrogens is 6. The molecule has 0 aliphatic carbocycles. The van der Waals surface area contributed by atoms with Gasteiger partial charge in [-0.2, -0.15) is 5.10 Å². The lowest BCUT2D eigenvalue weighted by molar-refractivity contribution is 0.0927. The summed E-state index contributed by atoms with van der Waals surface area (Å²) in [4.78, 5) is 16.7. The van der Waals surface area contributed by atoms with Crippen LogP contribution in [-0.4, -0.2) is 41.5 Å². The van der Waals surface area contributed by atoms with Crippen molar-refractivity contribution >= 4 is 5.91 Å². The van der Waals surface area contributed by atoms with Crippen LogP contribution >= 0.6 is 0 Å². The molecule has 1 atom stereocenters. The third-order valence-electron chi connectivity index (χ3n) is 4.22. The molecule has 1 N–H and O–H groups in total. The van der Waals surface area contributed by atoms with E-state index in [1.807, 2.05) is 19.2 Å². The highest BCUT2D eigenvalue weighted by atomic mass is 16.1. The van der Waals surface area contributed by atoms with E-state index in [-0.39, 0.29) is 11.9 Å². The van der Waals surface area contributed by atoms with Crippen LogP contribution in [0.25, 0.3) is 5.82 Å². The molecular formula is C16H17N7O. The van der Waals surface area contributed by atoms with Gasteiger partial charge >= 0.3 is 0 Å². The van der Waals surface area contributed by atoms with Gasteiger partial charge < -0.3 is 9.88 Å². The van der Waals surface area contributed by atoms with E-state index < -0.39 is 0 Å². The average molecular weight is 323 g/mol. The van der Waals surface area contributed by atoms with Crippen molar-refractivity contribution in [3.63, 3.8) is 0 Å². The third-order valence-corrected chi connectivity index (χ3v) is 4.22. The van der Waals surface area contributed by atoms with Gasteiger partial charge in [-0.3, -0.25) is 4.79 Å². The molecule has 8 heteroatoms. The van der Waals surface area contributed by atoms with E-state index in [0.717, 1.165) is 24.5 Å². The molecular weight excluding hydrogens is 306 g/mol. The van der Waals surface area contributed by atoms with Crippen molar-refractivity contribution in [2.75, 3.05) is 0 Å². The minimum Gasteiger partial charge on any atom is -0.347 e. The summed E-state index contributed by atoms with van der Waals surface area (Å²) in [5.41, 5.74) is 0.539. The Kier molecular flexibility index (Phi) is 3.56. The number of nitrogens with zero attached hydrogens (tertiary/aromatic N) is 6. The number of hydrogen-bond acceptors (Lipinski definition) is 5. The van der Waals surface area contributed by atoms with Gasteiger partial charge in [0.2, 0.25) is 0 Å². The second-order valence-electron chi connectivity index (χ2n) is 5.84. The fraction of sp³-hybridized carbons (Fsp3) is 0.312. The van der Waals surface area contributed by atoms with Gasteiger partial charge in [0, 0.05) is 37.6 Å². The lowest BCUT2D eigenvalue weighted by Gasteiger charge is -2.24. The first-order chi connectivity index (χ1) is 11.7. The second-order valence-corrected chi connectivity index (χ2v) is 5.84. The van der Waals surface area contributed by atoms with Gasteiger partial charge in [0.1, 0.15) is 11.6 Å². The fourth-order valence-corrected chi connectivity index (χ4v) is 2.91. The number of pyridine rings is 1. The number of rotatable bonds is 3. The topological polar surface area (TPSA) is 90.5 Å². The molecule has 1 aliphatic rings.